The van der Waals surface area contributed by atoms with Gasteiger partial charge in [-0.2, -0.15) is 4.98 Å². The molecule has 168 valence electrons. The highest BCUT2D eigenvalue weighted by Crippen LogP contribution is 2.34. The van der Waals surface area contributed by atoms with Gasteiger partial charge in [-0.05, 0) is 35.7 Å². The number of aliphatic hydroxyl groups is 1. The number of hydrogen-bond donors (Lipinski definition) is 1. The summed E-state index contributed by atoms with van der Waals surface area (Å²) >= 11 is 0. The van der Waals surface area contributed by atoms with Crippen LogP contribution in [0.4, 0.5) is 0 Å². The molecule has 5 nitrogen and oxygen atoms in total. The van der Waals surface area contributed by atoms with E-state index in [1.807, 2.05) is 97.9 Å². The Bertz CT molecular complexity index is 1160. The Morgan fingerprint density at radius 2 is 1.39 bits per heavy atom. The molecule has 0 aliphatic rings. The van der Waals surface area contributed by atoms with Crippen LogP contribution in [0, 0.1) is 0 Å². The largest absolute Gasteiger partial charge is 0.493 e. The lowest BCUT2D eigenvalue weighted by Crippen LogP contribution is -2.03. The molecule has 0 saturated heterocycles. The molecule has 5 heteroatoms. The van der Waals surface area contributed by atoms with Crippen LogP contribution in [-0.4, -0.2) is 16.7 Å². The Morgan fingerprint density at radius 1 is 0.727 bits per heavy atom. The van der Waals surface area contributed by atoms with E-state index in [4.69, 9.17) is 14.2 Å². The fourth-order valence-electron chi connectivity index (χ4n) is 3.43. The molecule has 0 radical (unpaired) electrons. The van der Waals surface area contributed by atoms with Crippen molar-refractivity contribution in [3.05, 3.63) is 108 Å². The van der Waals surface area contributed by atoms with Crippen LogP contribution in [0.3, 0.4) is 0 Å². The zero-order valence-electron chi connectivity index (χ0n) is 18.6. The maximum atomic E-state index is 9.63. The molecule has 4 rings (SSSR count). The molecule has 0 spiro atoms. The van der Waals surface area contributed by atoms with Gasteiger partial charge in [0.25, 0.3) is 0 Å². The Morgan fingerprint density at radius 3 is 2.03 bits per heavy atom. The van der Waals surface area contributed by atoms with E-state index in [1.54, 1.807) is 0 Å². The SMILES string of the molecule is CCOc1cc(-c2ccc(OCc3ccccc3)nc2OCc2ccccc2)ccc1CO. The Hall–Kier alpha value is -3.83. The molecule has 0 aliphatic heterocycles. The molecule has 0 saturated carbocycles. The second-order valence-electron chi connectivity index (χ2n) is 7.46. The molecule has 0 amide bonds. The van der Waals surface area contributed by atoms with Crippen LogP contribution in [0.1, 0.15) is 23.6 Å². The zero-order chi connectivity index (χ0) is 22.9. The van der Waals surface area contributed by atoms with Crippen LogP contribution < -0.4 is 14.2 Å². The summed E-state index contributed by atoms with van der Waals surface area (Å²) in [6.07, 6.45) is 0. The first-order valence-corrected chi connectivity index (χ1v) is 11.0. The fraction of sp³-hybridized carbons (Fsp3) is 0.179. The maximum absolute atomic E-state index is 9.63. The van der Waals surface area contributed by atoms with Gasteiger partial charge in [0.05, 0.1) is 13.2 Å². The minimum atomic E-state index is -0.0858. The first-order valence-electron chi connectivity index (χ1n) is 11.0. The van der Waals surface area contributed by atoms with E-state index in [2.05, 4.69) is 4.98 Å². The van der Waals surface area contributed by atoms with Crippen molar-refractivity contribution in [2.75, 3.05) is 6.61 Å². The van der Waals surface area contributed by atoms with E-state index in [0.717, 1.165) is 27.8 Å². The van der Waals surface area contributed by atoms with E-state index in [1.165, 1.54) is 0 Å². The highest BCUT2D eigenvalue weighted by Gasteiger charge is 2.14. The molecule has 0 unspecified atom stereocenters. The molecule has 3 aromatic carbocycles. The van der Waals surface area contributed by atoms with Crippen molar-refractivity contribution in [2.45, 2.75) is 26.7 Å². The normalized spacial score (nSPS) is 10.6. The molecule has 0 fully saturated rings. The molecule has 4 aromatic rings. The van der Waals surface area contributed by atoms with Crippen LogP contribution in [0.25, 0.3) is 11.1 Å². The minimum absolute atomic E-state index is 0.0858. The van der Waals surface area contributed by atoms with Gasteiger partial charge in [0.1, 0.15) is 19.0 Å². The summed E-state index contributed by atoms with van der Waals surface area (Å²) in [6.45, 7) is 3.15. The standard InChI is InChI=1S/C28H27NO4/c1-2-31-26-17-23(13-14-24(26)18-30)25-15-16-27(32-19-21-9-5-3-6-10-21)29-28(25)33-20-22-11-7-4-8-12-22/h3-17,30H,2,18-20H2,1H3. The summed E-state index contributed by atoms with van der Waals surface area (Å²) in [5.74, 6) is 1.61. The number of aliphatic hydroxyl groups excluding tert-OH is 1. The molecule has 1 aromatic heterocycles. The van der Waals surface area contributed by atoms with Gasteiger partial charge in [0, 0.05) is 17.2 Å². The van der Waals surface area contributed by atoms with Gasteiger partial charge in [-0.3, -0.25) is 0 Å². The van der Waals surface area contributed by atoms with Gasteiger partial charge in [-0.1, -0.05) is 72.8 Å². The maximum Gasteiger partial charge on any atom is 0.225 e. The molecular formula is C28H27NO4. The van der Waals surface area contributed by atoms with Crippen molar-refractivity contribution < 1.29 is 19.3 Å². The predicted octanol–water partition coefficient (Wildman–Crippen LogP) is 5.80. The van der Waals surface area contributed by atoms with E-state index in [-0.39, 0.29) is 6.61 Å². The van der Waals surface area contributed by atoms with Gasteiger partial charge in [-0.15, -0.1) is 0 Å². The number of hydrogen-bond acceptors (Lipinski definition) is 5. The van der Waals surface area contributed by atoms with Gasteiger partial charge in [-0.25, -0.2) is 0 Å². The summed E-state index contributed by atoms with van der Waals surface area (Å²) in [7, 11) is 0. The molecule has 1 heterocycles. The molecule has 0 bridgehead atoms. The van der Waals surface area contributed by atoms with Crippen LogP contribution in [0.2, 0.25) is 0 Å². The van der Waals surface area contributed by atoms with E-state index >= 15 is 0 Å². The highest BCUT2D eigenvalue weighted by atomic mass is 16.5. The smallest absolute Gasteiger partial charge is 0.225 e. The van der Waals surface area contributed by atoms with Crippen molar-refractivity contribution in [1.82, 2.24) is 4.98 Å². The molecule has 1 N–H and O–H groups in total. The first kappa shape index (κ1) is 22.4. The van der Waals surface area contributed by atoms with Gasteiger partial charge < -0.3 is 19.3 Å². The average Bonchev–Trinajstić information content (AvgIpc) is 2.88. The first-order chi connectivity index (χ1) is 16.3. The average molecular weight is 442 g/mol. The number of ether oxygens (including phenoxy) is 3. The Labute approximate surface area is 194 Å². The van der Waals surface area contributed by atoms with Crippen LogP contribution >= 0.6 is 0 Å². The zero-order valence-corrected chi connectivity index (χ0v) is 18.6. The quantitative estimate of drug-likeness (QED) is 0.337. The highest BCUT2D eigenvalue weighted by molar-refractivity contribution is 5.71. The van der Waals surface area contributed by atoms with Crippen LogP contribution in [0.5, 0.6) is 17.5 Å². The third-order valence-corrected chi connectivity index (χ3v) is 5.13. The van der Waals surface area contributed by atoms with Crippen molar-refractivity contribution in [1.29, 1.82) is 0 Å². The molecule has 33 heavy (non-hydrogen) atoms. The fourth-order valence-corrected chi connectivity index (χ4v) is 3.43. The predicted molar refractivity (Wildman–Crippen MR) is 128 cm³/mol. The van der Waals surface area contributed by atoms with Gasteiger partial charge in [0.15, 0.2) is 0 Å². The lowest BCUT2D eigenvalue weighted by Gasteiger charge is -2.15. The summed E-state index contributed by atoms with van der Waals surface area (Å²) in [5.41, 5.74) is 4.56. The topological polar surface area (TPSA) is 60.8 Å². The lowest BCUT2D eigenvalue weighted by molar-refractivity contribution is 0.267. The lowest BCUT2D eigenvalue weighted by atomic mass is 10.0. The molecule has 0 atom stereocenters. The van der Waals surface area contributed by atoms with Crippen molar-refractivity contribution >= 4 is 0 Å². The van der Waals surface area contributed by atoms with Gasteiger partial charge >= 0.3 is 0 Å². The number of benzene rings is 3. The third-order valence-electron chi connectivity index (χ3n) is 5.13. The van der Waals surface area contributed by atoms with Gasteiger partial charge in [0.2, 0.25) is 11.8 Å². The monoisotopic (exact) mass is 441 g/mol. The summed E-state index contributed by atoms with van der Waals surface area (Å²) in [6, 6.07) is 29.4. The van der Waals surface area contributed by atoms with E-state index in [0.29, 0.717) is 37.3 Å². The van der Waals surface area contributed by atoms with Crippen molar-refractivity contribution in [3.63, 3.8) is 0 Å². The van der Waals surface area contributed by atoms with Crippen molar-refractivity contribution in [2.24, 2.45) is 0 Å². The van der Waals surface area contributed by atoms with Crippen molar-refractivity contribution in [3.8, 4) is 28.6 Å². The summed E-state index contributed by atoms with van der Waals surface area (Å²) in [4.78, 5) is 4.66. The second kappa shape index (κ2) is 11.2. The Balaban J connectivity index is 1.63. The molecule has 0 aliphatic carbocycles. The summed E-state index contributed by atoms with van der Waals surface area (Å²) < 4.78 is 17.8. The van der Waals surface area contributed by atoms with Crippen LogP contribution in [-0.2, 0) is 19.8 Å². The molecular weight excluding hydrogens is 414 g/mol. The third kappa shape index (κ3) is 5.90. The number of rotatable bonds is 10. The number of pyridine rings is 1. The summed E-state index contributed by atoms with van der Waals surface area (Å²) in [5, 5.41) is 9.63. The number of aromatic nitrogens is 1. The number of nitrogens with zero attached hydrogens (tertiary/aromatic N) is 1. The minimum Gasteiger partial charge on any atom is -0.493 e. The second-order valence-corrected chi connectivity index (χ2v) is 7.46. The van der Waals surface area contributed by atoms with Crippen LogP contribution in [0.15, 0.2) is 91.0 Å². The Kier molecular flexibility index (Phi) is 7.56. The van der Waals surface area contributed by atoms with E-state index < -0.39 is 0 Å². The van der Waals surface area contributed by atoms with E-state index in [9.17, 15) is 5.11 Å².